The smallest absolute Gasteiger partial charge is 0.272 e. The number of nitrogens with zero attached hydrogens (tertiary/aromatic N) is 3. The second kappa shape index (κ2) is 5.18. The van der Waals surface area contributed by atoms with Crippen LogP contribution >= 0.6 is 11.3 Å². The fourth-order valence-electron chi connectivity index (χ4n) is 2.69. The molecule has 5 heteroatoms. The minimum absolute atomic E-state index is 0.0149. The lowest BCUT2D eigenvalue weighted by Gasteiger charge is -2.37. The second-order valence-corrected chi connectivity index (χ2v) is 6.65. The number of rotatable bonds is 2. The summed E-state index contributed by atoms with van der Waals surface area (Å²) in [5, 5.41) is 1.13. The van der Waals surface area contributed by atoms with E-state index in [9.17, 15) is 4.79 Å². The van der Waals surface area contributed by atoms with E-state index in [4.69, 9.17) is 0 Å². The molecule has 0 saturated carbocycles. The number of benzene rings is 1. The van der Waals surface area contributed by atoms with Gasteiger partial charge < -0.3 is 4.90 Å². The first-order chi connectivity index (χ1) is 10.7. The predicted octanol–water partition coefficient (Wildman–Crippen LogP) is 3.24. The van der Waals surface area contributed by atoms with Crippen LogP contribution in [0.5, 0.6) is 0 Å². The van der Waals surface area contributed by atoms with Crippen molar-refractivity contribution in [3.63, 3.8) is 0 Å². The maximum Gasteiger partial charge on any atom is 0.272 e. The van der Waals surface area contributed by atoms with Gasteiger partial charge in [0.15, 0.2) is 0 Å². The Labute approximate surface area is 132 Å². The Morgan fingerprint density at radius 2 is 1.95 bits per heavy atom. The largest absolute Gasteiger partial charge is 0.336 e. The number of pyridine rings is 1. The number of hydrogen-bond donors (Lipinski definition) is 0. The average Bonchev–Trinajstić information content (AvgIpc) is 2.89. The van der Waals surface area contributed by atoms with Gasteiger partial charge in [0.05, 0.1) is 10.2 Å². The molecule has 110 valence electrons. The highest BCUT2D eigenvalue weighted by molar-refractivity contribution is 7.18. The van der Waals surface area contributed by atoms with Crippen molar-refractivity contribution < 1.29 is 4.79 Å². The zero-order chi connectivity index (χ0) is 15.1. The molecular formula is C17H15N3OS. The van der Waals surface area contributed by atoms with Crippen molar-refractivity contribution in [1.29, 1.82) is 0 Å². The topological polar surface area (TPSA) is 46.1 Å². The number of aryl methyl sites for hydroxylation is 1. The summed E-state index contributed by atoms with van der Waals surface area (Å²) < 4.78 is 1.21. The molecule has 0 spiro atoms. The highest BCUT2D eigenvalue weighted by Gasteiger charge is 2.34. The first kappa shape index (κ1) is 13.4. The van der Waals surface area contributed by atoms with Crippen LogP contribution < -0.4 is 0 Å². The van der Waals surface area contributed by atoms with Crippen LogP contribution in [0.3, 0.4) is 0 Å². The minimum atomic E-state index is 0.0149. The van der Waals surface area contributed by atoms with Gasteiger partial charge >= 0.3 is 0 Å². The summed E-state index contributed by atoms with van der Waals surface area (Å²) in [7, 11) is 0. The molecule has 0 aliphatic carbocycles. The molecule has 4 nitrogen and oxygen atoms in total. The van der Waals surface area contributed by atoms with E-state index in [-0.39, 0.29) is 5.91 Å². The van der Waals surface area contributed by atoms with Gasteiger partial charge in [-0.05, 0) is 31.2 Å². The molecule has 0 N–H and O–H groups in total. The van der Waals surface area contributed by atoms with Gasteiger partial charge in [-0.1, -0.05) is 18.2 Å². The van der Waals surface area contributed by atoms with Crippen LogP contribution in [0, 0.1) is 6.92 Å². The molecule has 1 amide bonds. The van der Waals surface area contributed by atoms with Crippen LogP contribution in [0.2, 0.25) is 0 Å². The van der Waals surface area contributed by atoms with Crippen molar-refractivity contribution >= 4 is 27.5 Å². The summed E-state index contributed by atoms with van der Waals surface area (Å²) >= 11 is 1.73. The van der Waals surface area contributed by atoms with E-state index in [0.29, 0.717) is 11.6 Å². The Balaban J connectivity index is 1.48. The Hall–Kier alpha value is -2.27. The number of aromatic nitrogens is 2. The standard InChI is InChI=1S/C17H15N3OS/c1-11-5-4-7-14(18-11)17(21)20-9-12(10-20)16-19-13-6-2-3-8-15(13)22-16/h2-8,12H,9-10H2,1H3. The molecule has 3 heterocycles. The molecule has 2 aromatic heterocycles. The molecule has 22 heavy (non-hydrogen) atoms. The first-order valence-electron chi connectivity index (χ1n) is 7.29. The number of amides is 1. The molecule has 3 aromatic rings. The van der Waals surface area contributed by atoms with E-state index in [1.54, 1.807) is 17.4 Å². The number of thiazole rings is 1. The normalized spacial score (nSPS) is 15.0. The molecule has 1 saturated heterocycles. The predicted molar refractivity (Wildman–Crippen MR) is 87.2 cm³/mol. The lowest BCUT2D eigenvalue weighted by Crippen LogP contribution is -2.48. The van der Waals surface area contributed by atoms with Gasteiger partial charge in [-0.2, -0.15) is 0 Å². The summed E-state index contributed by atoms with van der Waals surface area (Å²) in [5.74, 6) is 0.368. The van der Waals surface area contributed by atoms with Gasteiger partial charge in [-0.3, -0.25) is 4.79 Å². The number of likely N-dealkylation sites (tertiary alicyclic amines) is 1. The SMILES string of the molecule is Cc1cccc(C(=O)N2CC(c3nc4ccccc4s3)C2)n1. The van der Waals surface area contributed by atoms with Gasteiger partial charge in [0, 0.05) is 24.7 Å². The number of fused-ring (bicyclic) bond motifs is 1. The van der Waals surface area contributed by atoms with E-state index < -0.39 is 0 Å². The highest BCUT2D eigenvalue weighted by Crippen LogP contribution is 2.33. The second-order valence-electron chi connectivity index (χ2n) is 5.59. The zero-order valence-corrected chi connectivity index (χ0v) is 13.0. The lowest BCUT2D eigenvalue weighted by molar-refractivity contribution is 0.0596. The molecule has 0 radical (unpaired) electrons. The monoisotopic (exact) mass is 309 g/mol. The first-order valence-corrected chi connectivity index (χ1v) is 8.11. The summed E-state index contributed by atoms with van der Waals surface area (Å²) in [4.78, 5) is 23.2. The fraction of sp³-hybridized carbons (Fsp3) is 0.235. The molecule has 0 bridgehead atoms. The van der Waals surface area contributed by atoms with Crippen molar-refractivity contribution in [2.75, 3.05) is 13.1 Å². The van der Waals surface area contributed by atoms with Crippen molar-refractivity contribution in [1.82, 2.24) is 14.9 Å². The Morgan fingerprint density at radius 1 is 1.14 bits per heavy atom. The molecule has 0 unspecified atom stereocenters. The van der Waals surface area contributed by atoms with Crippen molar-refractivity contribution in [3.05, 3.63) is 58.9 Å². The maximum absolute atomic E-state index is 12.4. The third-order valence-corrected chi connectivity index (χ3v) is 5.13. The Morgan fingerprint density at radius 3 is 2.73 bits per heavy atom. The number of para-hydroxylation sites is 1. The quantitative estimate of drug-likeness (QED) is 0.730. The van der Waals surface area contributed by atoms with Crippen molar-refractivity contribution in [3.8, 4) is 0 Å². The van der Waals surface area contributed by atoms with Gasteiger partial charge in [-0.25, -0.2) is 9.97 Å². The number of carbonyl (C=O) groups excluding carboxylic acids is 1. The van der Waals surface area contributed by atoms with Gasteiger partial charge in [-0.15, -0.1) is 11.3 Å². The summed E-state index contributed by atoms with van der Waals surface area (Å²) in [5.41, 5.74) is 2.45. The summed E-state index contributed by atoms with van der Waals surface area (Å²) in [6.07, 6.45) is 0. The molecule has 0 atom stereocenters. The van der Waals surface area contributed by atoms with Gasteiger partial charge in [0.2, 0.25) is 0 Å². The maximum atomic E-state index is 12.4. The van der Waals surface area contributed by atoms with E-state index in [1.807, 2.05) is 42.2 Å². The molecule has 1 fully saturated rings. The van der Waals surface area contributed by atoms with Gasteiger partial charge in [0.1, 0.15) is 10.7 Å². The van der Waals surface area contributed by atoms with E-state index in [1.165, 1.54) is 4.70 Å². The third-order valence-electron chi connectivity index (χ3n) is 3.94. The fourth-order valence-corrected chi connectivity index (χ4v) is 3.74. The molecule has 4 rings (SSSR count). The van der Waals surface area contributed by atoms with Gasteiger partial charge in [0.25, 0.3) is 5.91 Å². The van der Waals surface area contributed by atoms with E-state index in [0.717, 1.165) is 29.3 Å². The molecule has 1 aromatic carbocycles. The van der Waals surface area contributed by atoms with Crippen LogP contribution in [0.1, 0.15) is 27.1 Å². The summed E-state index contributed by atoms with van der Waals surface area (Å²) in [6.45, 7) is 3.36. The molecular weight excluding hydrogens is 294 g/mol. The Kier molecular flexibility index (Phi) is 3.15. The zero-order valence-electron chi connectivity index (χ0n) is 12.2. The Bertz CT molecular complexity index is 819. The van der Waals surface area contributed by atoms with Crippen LogP contribution in [-0.4, -0.2) is 33.9 Å². The van der Waals surface area contributed by atoms with Crippen molar-refractivity contribution in [2.45, 2.75) is 12.8 Å². The summed E-state index contributed by atoms with van der Waals surface area (Å²) in [6, 6.07) is 13.7. The van der Waals surface area contributed by atoms with Crippen LogP contribution in [0.25, 0.3) is 10.2 Å². The number of hydrogen-bond acceptors (Lipinski definition) is 4. The van der Waals surface area contributed by atoms with Crippen LogP contribution in [0.4, 0.5) is 0 Å². The van der Waals surface area contributed by atoms with E-state index >= 15 is 0 Å². The molecule has 1 aliphatic rings. The van der Waals surface area contributed by atoms with E-state index in [2.05, 4.69) is 16.0 Å². The van der Waals surface area contributed by atoms with Crippen LogP contribution in [0.15, 0.2) is 42.5 Å². The van der Waals surface area contributed by atoms with Crippen molar-refractivity contribution in [2.24, 2.45) is 0 Å². The number of carbonyl (C=O) groups is 1. The minimum Gasteiger partial charge on any atom is -0.336 e. The average molecular weight is 309 g/mol. The highest BCUT2D eigenvalue weighted by atomic mass is 32.1. The lowest BCUT2D eigenvalue weighted by atomic mass is 10.0. The third kappa shape index (κ3) is 2.27. The van der Waals surface area contributed by atoms with Crippen LogP contribution in [-0.2, 0) is 0 Å². The molecule has 1 aliphatic heterocycles.